The van der Waals surface area contributed by atoms with Crippen molar-refractivity contribution in [3.63, 3.8) is 0 Å². The van der Waals surface area contributed by atoms with Gasteiger partial charge in [-0.15, -0.1) is 11.3 Å². The predicted octanol–water partition coefficient (Wildman–Crippen LogP) is 6.58. The number of carbonyl (C=O) groups excluding carboxylic acids is 1. The van der Waals surface area contributed by atoms with Gasteiger partial charge in [-0.25, -0.2) is 9.78 Å². The molecule has 2 amide bonds. The minimum Gasteiger partial charge on any atom is -0.383 e. The van der Waals surface area contributed by atoms with Crippen LogP contribution in [0.15, 0.2) is 71.9 Å². The van der Waals surface area contributed by atoms with Gasteiger partial charge in [-0.3, -0.25) is 10.3 Å². The molecule has 0 spiro atoms. The maximum atomic E-state index is 12.2. The van der Waals surface area contributed by atoms with Gasteiger partial charge in [0.25, 0.3) is 0 Å². The van der Waals surface area contributed by atoms with Crippen molar-refractivity contribution in [1.29, 1.82) is 5.26 Å². The van der Waals surface area contributed by atoms with Crippen LogP contribution >= 0.6 is 34.7 Å². The number of fused-ring (bicyclic) bond motifs is 1. The van der Waals surface area contributed by atoms with Gasteiger partial charge in [0.1, 0.15) is 10.9 Å². The second-order valence-corrected chi connectivity index (χ2v) is 10.7. The number of aliphatic imine (C=N–C) groups is 1. The van der Waals surface area contributed by atoms with Crippen LogP contribution in [0.5, 0.6) is 0 Å². The fraction of sp³-hybridized carbons (Fsp3) is 0.154. The predicted molar refractivity (Wildman–Crippen MR) is 150 cm³/mol. The summed E-state index contributed by atoms with van der Waals surface area (Å²) in [6.07, 6.45) is 2.38. The van der Waals surface area contributed by atoms with E-state index < -0.39 is 0 Å². The summed E-state index contributed by atoms with van der Waals surface area (Å²) in [5, 5.41) is 20.9. The van der Waals surface area contributed by atoms with Crippen molar-refractivity contribution in [1.82, 2.24) is 10.3 Å². The topological polar surface area (TPSA) is 102 Å². The van der Waals surface area contributed by atoms with Crippen LogP contribution in [0.4, 0.5) is 16.2 Å². The van der Waals surface area contributed by atoms with Crippen LogP contribution in [0.2, 0.25) is 5.02 Å². The van der Waals surface area contributed by atoms with Crippen molar-refractivity contribution in [2.75, 3.05) is 23.7 Å². The molecule has 1 unspecified atom stereocenters. The Balaban J connectivity index is 1.22. The van der Waals surface area contributed by atoms with E-state index in [1.807, 2.05) is 60.7 Å². The van der Waals surface area contributed by atoms with Crippen LogP contribution in [-0.2, 0) is 0 Å². The number of para-hydroxylation sites is 1. The summed E-state index contributed by atoms with van der Waals surface area (Å²) in [7, 11) is 0. The second-order valence-electron chi connectivity index (χ2n) is 8.00. The Morgan fingerprint density at radius 2 is 1.86 bits per heavy atom. The van der Waals surface area contributed by atoms with E-state index in [0.29, 0.717) is 34.5 Å². The summed E-state index contributed by atoms with van der Waals surface area (Å²) in [6.45, 7) is 1.23. The first-order valence-electron chi connectivity index (χ1n) is 11.3. The van der Waals surface area contributed by atoms with E-state index in [-0.39, 0.29) is 11.3 Å². The second kappa shape index (κ2) is 11.0. The maximum absolute atomic E-state index is 12.2. The summed E-state index contributed by atoms with van der Waals surface area (Å²) in [6, 6.07) is 21.1. The number of halogens is 1. The quantitative estimate of drug-likeness (QED) is 0.260. The van der Waals surface area contributed by atoms with Gasteiger partial charge in [0.2, 0.25) is 0 Å². The van der Waals surface area contributed by atoms with Crippen molar-refractivity contribution < 1.29 is 4.79 Å². The van der Waals surface area contributed by atoms with Crippen LogP contribution in [0.1, 0.15) is 12.0 Å². The third-order valence-electron chi connectivity index (χ3n) is 5.56. The number of thiophene rings is 1. The number of thioether (sulfide) groups is 1. The highest BCUT2D eigenvalue weighted by atomic mass is 35.5. The number of carbonyl (C=O) groups is 1. The van der Waals surface area contributed by atoms with Gasteiger partial charge in [0.05, 0.1) is 33.1 Å². The standard InChI is InChI=1S/C26H21ClN6OS2/c27-21-20-22(17(13-28)14-30-24(20)36-23(21)16-7-3-1-4-8-16)29-12-11-19-15-31-26(35-19)33-25(34)32-18-9-5-2-6-10-18/h1-10,14,19H,11-12,15H2,(H,29,30)(H2,31,32,33,34). The number of amides is 2. The molecule has 1 aliphatic rings. The van der Waals surface area contributed by atoms with Gasteiger partial charge in [-0.1, -0.05) is 71.9 Å². The first-order valence-corrected chi connectivity index (χ1v) is 13.3. The molecule has 5 rings (SSSR count). The first-order chi connectivity index (χ1) is 17.6. The van der Waals surface area contributed by atoms with E-state index >= 15 is 0 Å². The Labute approximate surface area is 221 Å². The number of benzene rings is 2. The molecule has 0 aliphatic carbocycles. The first kappa shape index (κ1) is 24.1. The third-order valence-corrected chi connectivity index (χ3v) is 8.36. The molecule has 0 saturated carbocycles. The summed E-state index contributed by atoms with van der Waals surface area (Å²) >= 11 is 9.86. The fourth-order valence-electron chi connectivity index (χ4n) is 3.85. The minimum atomic E-state index is -0.314. The highest BCUT2D eigenvalue weighted by Crippen LogP contribution is 2.45. The van der Waals surface area contributed by atoms with E-state index in [1.165, 1.54) is 23.1 Å². The van der Waals surface area contributed by atoms with Crippen LogP contribution in [-0.4, -0.2) is 34.5 Å². The molecular formula is C26H21ClN6OS2. The zero-order valence-corrected chi connectivity index (χ0v) is 21.4. The molecule has 10 heteroatoms. The zero-order valence-electron chi connectivity index (χ0n) is 19.0. The Hall–Kier alpha value is -3.58. The molecule has 2 aromatic heterocycles. The molecule has 0 radical (unpaired) electrons. The molecule has 0 saturated heterocycles. The number of hydrogen-bond acceptors (Lipinski definition) is 7. The number of nitrogens with zero attached hydrogens (tertiary/aromatic N) is 3. The van der Waals surface area contributed by atoms with Crippen molar-refractivity contribution in [2.24, 2.45) is 4.99 Å². The average Bonchev–Trinajstić information content (AvgIpc) is 3.49. The Kier molecular flexibility index (Phi) is 7.37. The third kappa shape index (κ3) is 5.31. The normalized spacial score (nSPS) is 14.8. The number of amidine groups is 1. The van der Waals surface area contributed by atoms with Gasteiger partial charge in [0, 0.05) is 23.7 Å². The summed E-state index contributed by atoms with van der Waals surface area (Å²) in [5.74, 6) is 0. The molecule has 180 valence electrons. The Morgan fingerprint density at radius 1 is 1.11 bits per heavy atom. The molecule has 0 bridgehead atoms. The molecule has 3 heterocycles. The SMILES string of the molecule is N#Cc1cnc2sc(-c3ccccc3)c(Cl)c2c1NCCC1CN=C(NC(=O)Nc2ccccc2)S1. The molecule has 3 N–H and O–H groups in total. The van der Waals surface area contributed by atoms with Crippen molar-refractivity contribution in [2.45, 2.75) is 11.7 Å². The molecular weight excluding hydrogens is 512 g/mol. The van der Waals surface area contributed by atoms with Gasteiger partial charge >= 0.3 is 6.03 Å². The number of hydrogen-bond donors (Lipinski definition) is 3. The Bertz CT molecular complexity index is 1470. The van der Waals surface area contributed by atoms with Gasteiger partial charge < -0.3 is 10.6 Å². The zero-order chi connectivity index (χ0) is 24.9. The van der Waals surface area contributed by atoms with Gasteiger partial charge in [-0.05, 0) is 24.1 Å². The van der Waals surface area contributed by atoms with E-state index in [2.05, 4.69) is 32.0 Å². The highest BCUT2D eigenvalue weighted by molar-refractivity contribution is 8.14. The van der Waals surface area contributed by atoms with Crippen LogP contribution in [0.25, 0.3) is 20.7 Å². The number of anilines is 2. The molecule has 7 nitrogen and oxygen atoms in total. The monoisotopic (exact) mass is 532 g/mol. The average molecular weight is 533 g/mol. The summed E-state index contributed by atoms with van der Waals surface area (Å²) in [4.78, 5) is 22.9. The molecule has 36 heavy (non-hydrogen) atoms. The minimum absolute atomic E-state index is 0.213. The number of nitriles is 1. The number of aromatic nitrogens is 1. The largest absolute Gasteiger partial charge is 0.383 e. The van der Waals surface area contributed by atoms with Crippen molar-refractivity contribution in [3.8, 4) is 16.5 Å². The number of nitrogens with one attached hydrogen (secondary N) is 3. The van der Waals surface area contributed by atoms with Crippen molar-refractivity contribution >= 4 is 67.5 Å². The molecule has 4 aromatic rings. The summed E-state index contributed by atoms with van der Waals surface area (Å²) < 4.78 is 0. The number of rotatable bonds is 6. The number of urea groups is 1. The van der Waals surface area contributed by atoms with Crippen molar-refractivity contribution in [3.05, 3.63) is 77.4 Å². The maximum Gasteiger partial charge on any atom is 0.325 e. The summed E-state index contributed by atoms with van der Waals surface area (Å²) in [5.41, 5.74) is 2.90. The van der Waals surface area contributed by atoms with E-state index in [0.717, 1.165) is 32.8 Å². The van der Waals surface area contributed by atoms with E-state index in [4.69, 9.17) is 11.6 Å². The van der Waals surface area contributed by atoms with Gasteiger partial charge in [0.15, 0.2) is 5.17 Å². The van der Waals surface area contributed by atoms with Crippen LogP contribution in [0, 0.1) is 11.3 Å². The molecule has 1 atom stereocenters. The lowest BCUT2D eigenvalue weighted by molar-refractivity contribution is 0.256. The van der Waals surface area contributed by atoms with E-state index in [9.17, 15) is 10.1 Å². The molecule has 0 fully saturated rings. The van der Waals surface area contributed by atoms with Gasteiger partial charge in [-0.2, -0.15) is 5.26 Å². The lowest BCUT2D eigenvalue weighted by Gasteiger charge is -2.13. The lowest BCUT2D eigenvalue weighted by Crippen LogP contribution is -2.32. The highest BCUT2D eigenvalue weighted by Gasteiger charge is 2.22. The van der Waals surface area contributed by atoms with Crippen LogP contribution in [0.3, 0.4) is 0 Å². The fourth-order valence-corrected chi connectivity index (χ4v) is 6.37. The molecule has 2 aromatic carbocycles. The number of pyridine rings is 1. The lowest BCUT2D eigenvalue weighted by atomic mass is 10.1. The Morgan fingerprint density at radius 3 is 2.61 bits per heavy atom. The van der Waals surface area contributed by atoms with Crippen LogP contribution < -0.4 is 16.0 Å². The smallest absolute Gasteiger partial charge is 0.325 e. The molecule has 1 aliphatic heterocycles. The van der Waals surface area contributed by atoms with E-state index in [1.54, 1.807) is 6.20 Å².